The smallest absolute Gasteiger partial charge is 0.272 e. The van der Waals surface area contributed by atoms with Gasteiger partial charge in [-0.3, -0.25) is 9.48 Å². The van der Waals surface area contributed by atoms with E-state index in [1.807, 2.05) is 48.5 Å². The molecule has 4 aromatic rings. The number of ether oxygens (including phenoxy) is 2. The van der Waals surface area contributed by atoms with E-state index in [1.165, 1.54) is 0 Å². The van der Waals surface area contributed by atoms with Crippen LogP contribution in [0.4, 0.5) is 0 Å². The van der Waals surface area contributed by atoms with Crippen molar-refractivity contribution in [1.82, 2.24) is 24.8 Å². The quantitative estimate of drug-likeness (QED) is 0.418. The standard InChI is InChI=1S/C25H25N5O4/c1-29-21(13-20(27-29)19-12-18(32-2)9-10-22(19)33-3)25(31)30-14-17(15-30)24-26-23(28-34-24)11-16-7-5-4-6-8-16/h4-10,12-13,17H,11,14-15H2,1-3H3. The number of carbonyl (C=O) groups excluding carboxylic acids is 1. The number of carbonyl (C=O) groups is 1. The fourth-order valence-electron chi connectivity index (χ4n) is 4.06. The zero-order valence-corrected chi connectivity index (χ0v) is 19.3. The van der Waals surface area contributed by atoms with E-state index in [4.69, 9.17) is 14.0 Å². The summed E-state index contributed by atoms with van der Waals surface area (Å²) >= 11 is 0. The van der Waals surface area contributed by atoms with Gasteiger partial charge >= 0.3 is 0 Å². The van der Waals surface area contributed by atoms with Gasteiger partial charge in [-0.1, -0.05) is 35.5 Å². The van der Waals surface area contributed by atoms with Crippen LogP contribution in [0, 0.1) is 0 Å². The number of aromatic nitrogens is 4. The van der Waals surface area contributed by atoms with Crippen LogP contribution in [0.3, 0.4) is 0 Å². The molecule has 2 aromatic heterocycles. The fourth-order valence-corrected chi connectivity index (χ4v) is 4.06. The maximum Gasteiger partial charge on any atom is 0.272 e. The van der Waals surface area contributed by atoms with Crippen molar-refractivity contribution in [1.29, 1.82) is 0 Å². The third-order valence-corrected chi connectivity index (χ3v) is 5.99. The Labute approximate surface area is 196 Å². The zero-order chi connectivity index (χ0) is 23.7. The lowest BCUT2D eigenvalue weighted by molar-refractivity contribution is 0.0558. The molecule has 0 N–H and O–H groups in total. The monoisotopic (exact) mass is 459 g/mol. The zero-order valence-electron chi connectivity index (χ0n) is 19.3. The molecule has 3 heterocycles. The molecule has 0 radical (unpaired) electrons. The molecule has 0 saturated carbocycles. The molecule has 1 fully saturated rings. The van der Waals surface area contributed by atoms with Crippen LogP contribution in [-0.2, 0) is 13.5 Å². The second-order valence-corrected chi connectivity index (χ2v) is 8.22. The molecule has 0 atom stereocenters. The summed E-state index contributed by atoms with van der Waals surface area (Å²) in [6, 6.07) is 17.3. The third-order valence-electron chi connectivity index (χ3n) is 5.99. The lowest BCUT2D eigenvalue weighted by Gasteiger charge is -2.36. The van der Waals surface area contributed by atoms with E-state index >= 15 is 0 Å². The van der Waals surface area contributed by atoms with Crippen LogP contribution in [0.25, 0.3) is 11.3 Å². The number of aryl methyl sites for hydroxylation is 1. The summed E-state index contributed by atoms with van der Waals surface area (Å²) in [6.45, 7) is 1.05. The van der Waals surface area contributed by atoms with Crippen LogP contribution in [0.1, 0.15) is 33.7 Å². The molecule has 2 aromatic carbocycles. The number of hydrogen-bond donors (Lipinski definition) is 0. The van der Waals surface area contributed by atoms with Crippen molar-refractivity contribution in [3.8, 4) is 22.8 Å². The Kier molecular flexibility index (Phi) is 5.75. The molecule has 0 aliphatic carbocycles. The highest BCUT2D eigenvalue weighted by Crippen LogP contribution is 2.34. The van der Waals surface area contributed by atoms with Gasteiger partial charge in [0.05, 0.1) is 25.8 Å². The molecule has 1 aliphatic heterocycles. The van der Waals surface area contributed by atoms with Crippen LogP contribution < -0.4 is 9.47 Å². The minimum atomic E-state index is -0.0941. The van der Waals surface area contributed by atoms with Gasteiger partial charge in [-0.15, -0.1) is 0 Å². The van der Waals surface area contributed by atoms with Crippen molar-refractivity contribution in [2.75, 3.05) is 27.3 Å². The molecular weight excluding hydrogens is 434 g/mol. The molecule has 1 aliphatic rings. The van der Waals surface area contributed by atoms with E-state index in [2.05, 4.69) is 15.2 Å². The first kappa shape index (κ1) is 21.7. The second kappa shape index (κ2) is 9.01. The van der Waals surface area contributed by atoms with Gasteiger partial charge in [0.15, 0.2) is 5.82 Å². The van der Waals surface area contributed by atoms with E-state index in [1.54, 1.807) is 36.9 Å². The molecule has 1 amide bonds. The Hall–Kier alpha value is -4.14. The first-order valence-corrected chi connectivity index (χ1v) is 11.0. The highest BCUT2D eigenvalue weighted by molar-refractivity contribution is 5.94. The van der Waals surface area contributed by atoms with Gasteiger partial charge in [0.25, 0.3) is 5.91 Å². The SMILES string of the molecule is COc1ccc(OC)c(-c2cc(C(=O)N3CC(c4nc(Cc5ccccc5)no4)C3)n(C)n2)c1. The lowest BCUT2D eigenvalue weighted by Crippen LogP contribution is -2.49. The molecule has 34 heavy (non-hydrogen) atoms. The van der Waals surface area contributed by atoms with Gasteiger partial charge in [-0.05, 0) is 29.8 Å². The van der Waals surface area contributed by atoms with E-state index in [0.717, 1.165) is 11.1 Å². The lowest BCUT2D eigenvalue weighted by atomic mass is 9.99. The highest BCUT2D eigenvalue weighted by atomic mass is 16.5. The van der Waals surface area contributed by atoms with Crippen LogP contribution >= 0.6 is 0 Å². The van der Waals surface area contributed by atoms with Crippen LogP contribution in [0.15, 0.2) is 59.1 Å². The van der Waals surface area contributed by atoms with Crippen molar-refractivity contribution in [3.63, 3.8) is 0 Å². The highest BCUT2D eigenvalue weighted by Gasteiger charge is 2.37. The van der Waals surface area contributed by atoms with Crippen LogP contribution in [0.5, 0.6) is 11.5 Å². The summed E-state index contributed by atoms with van der Waals surface area (Å²) in [7, 11) is 4.96. The number of likely N-dealkylation sites (tertiary alicyclic amines) is 1. The number of rotatable bonds is 7. The number of hydrogen-bond acceptors (Lipinski definition) is 7. The Morgan fingerprint density at radius 1 is 1.09 bits per heavy atom. The van der Waals surface area contributed by atoms with Gasteiger partial charge in [0.1, 0.15) is 17.2 Å². The predicted molar refractivity (Wildman–Crippen MR) is 124 cm³/mol. The van der Waals surface area contributed by atoms with Crippen molar-refractivity contribution >= 4 is 5.91 Å². The normalized spacial score (nSPS) is 13.6. The molecule has 0 spiro atoms. The summed E-state index contributed by atoms with van der Waals surface area (Å²) in [5.41, 5.74) is 3.02. The summed E-state index contributed by atoms with van der Waals surface area (Å²) in [4.78, 5) is 19.4. The first-order chi connectivity index (χ1) is 16.6. The number of amides is 1. The summed E-state index contributed by atoms with van der Waals surface area (Å²) in [5.74, 6) is 2.50. The first-order valence-electron chi connectivity index (χ1n) is 11.0. The Balaban J connectivity index is 1.26. The fraction of sp³-hybridized carbons (Fsp3) is 0.280. The van der Waals surface area contributed by atoms with Crippen molar-refractivity contribution < 1.29 is 18.8 Å². The molecular formula is C25H25N5O4. The molecule has 0 unspecified atom stereocenters. The van der Waals surface area contributed by atoms with Gasteiger partial charge in [0, 0.05) is 32.1 Å². The summed E-state index contributed by atoms with van der Waals surface area (Å²) in [6.07, 6.45) is 0.616. The second-order valence-electron chi connectivity index (χ2n) is 8.22. The number of methoxy groups -OCH3 is 2. The van der Waals surface area contributed by atoms with Crippen LogP contribution in [-0.4, -0.2) is 58.0 Å². The Bertz CT molecular complexity index is 1310. The average molecular weight is 460 g/mol. The van der Waals surface area contributed by atoms with E-state index < -0.39 is 0 Å². The largest absolute Gasteiger partial charge is 0.497 e. The molecule has 9 nitrogen and oxygen atoms in total. The number of nitrogens with zero attached hydrogens (tertiary/aromatic N) is 5. The van der Waals surface area contributed by atoms with Gasteiger partial charge < -0.3 is 18.9 Å². The third kappa shape index (κ3) is 4.12. The van der Waals surface area contributed by atoms with Crippen LogP contribution in [0.2, 0.25) is 0 Å². The molecule has 9 heteroatoms. The van der Waals surface area contributed by atoms with Crippen molar-refractivity contribution in [3.05, 3.63) is 77.6 Å². The predicted octanol–water partition coefficient (Wildman–Crippen LogP) is 3.32. The summed E-state index contributed by atoms with van der Waals surface area (Å²) < 4.78 is 17.9. The maximum atomic E-state index is 13.1. The van der Waals surface area contributed by atoms with Gasteiger partial charge in [0.2, 0.25) is 5.89 Å². The van der Waals surface area contributed by atoms with E-state index in [-0.39, 0.29) is 11.8 Å². The Morgan fingerprint density at radius 2 is 1.88 bits per heavy atom. The molecule has 174 valence electrons. The minimum Gasteiger partial charge on any atom is -0.497 e. The summed E-state index contributed by atoms with van der Waals surface area (Å²) in [5, 5.41) is 8.64. The van der Waals surface area contributed by atoms with E-state index in [0.29, 0.717) is 54.1 Å². The Morgan fingerprint density at radius 3 is 2.62 bits per heavy atom. The van der Waals surface area contributed by atoms with E-state index in [9.17, 15) is 4.79 Å². The number of benzene rings is 2. The minimum absolute atomic E-state index is 0.0344. The average Bonchev–Trinajstić information content (AvgIpc) is 3.44. The molecule has 5 rings (SSSR count). The van der Waals surface area contributed by atoms with Gasteiger partial charge in [-0.25, -0.2) is 0 Å². The van der Waals surface area contributed by atoms with Crippen molar-refractivity contribution in [2.24, 2.45) is 7.05 Å². The maximum absolute atomic E-state index is 13.1. The van der Waals surface area contributed by atoms with Crippen molar-refractivity contribution in [2.45, 2.75) is 12.3 Å². The topological polar surface area (TPSA) is 95.5 Å². The molecule has 1 saturated heterocycles. The van der Waals surface area contributed by atoms with Gasteiger partial charge in [-0.2, -0.15) is 10.1 Å². The molecule has 0 bridgehead atoms.